The number of halogens is 1. The van der Waals surface area contributed by atoms with E-state index in [-0.39, 0.29) is 12.6 Å². The molecule has 1 atom stereocenters. The Bertz CT molecular complexity index is 328. The van der Waals surface area contributed by atoms with E-state index in [2.05, 4.69) is 35.1 Å². The van der Waals surface area contributed by atoms with Crippen LogP contribution < -0.4 is 10.1 Å². The summed E-state index contributed by atoms with van der Waals surface area (Å²) in [6.07, 6.45) is 0. The number of hydrogen-bond donors (Lipinski definition) is 2. The maximum absolute atomic E-state index is 9.19. The molecule has 92 valence electrons. The van der Waals surface area contributed by atoms with Gasteiger partial charge in [0.25, 0.3) is 0 Å². The SMILES string of the molecule is COc1sc(CN[C@H](CO)C(C)C)cc1Br. The van der Waals surface area contributed by atoms with E-state index >= 15 is 0 Å². The van der Waals surface area contributed by atoms with E-state index in [1.807, 2.05) is 6.07 Å². The van der Waals surface area contributed by atoms with Gasteiger partial charge < -0.3 is 15.2 Å². The molecule has 0 saturated heterocycles. The molecule has 1 rings (SSSR count). The zero-order valence-corrected chi connectivity index (χ0v) is 12.2. The molecule has 0 amide bonds. The van der Waals surface area contributed by atoms with Crippen LogP contribution in [0.4, 0.5) is 0 Å². The van der Waals surface area contributed by atoms with E-state index in [1.54, 1.807) is 18.4 Å². The Balaban J connectivity index is 2.53. The summed E-state index contributed by atoms with van der Waals surface area (Å²) in [6, 6.07) is 2.19. The Labute approximate surface area is 109 Å². The van der Waals surface area contributed by atoms with E-state index in [0.29, 0.717) is 5.92 Å². The smallest absolute Gasteiger partial charge is 0.188 e. The number of hydrogen-bond acceptors (Lipinski definition) is 4. The van der Waals surface area contributed by atoms with Gasteiger partial charge in [-0.1, -0.05) is 13.8 Å². The molecule has 1 heterocycles. The quantitative estimate of drug-likeness (QED) is 0.849. The van der Waals surface area contributed by atoms with Gasteiger partial charge in [-0.25, -0.2) is 0 Å². The van der Waals surface area contributed by atoms with Crippen molar-refractivity contribution in [3.8, 4) is 5.06 Å². The first-order valence-electron chi connectivity index (χ1n) is 5.25. The number of thiophene rings is 1. The van der Waals surface area contributed by atoms with Crippen LogP contribution in [0.1, 0.15) is 18.7 Å². The predicted octanol–water partition coefficient (Wildman–Crippen LogP) is 2.63. The van der Waals surface area contributed by atoms with E-state index in [4.69, 9.17) is 4.74 Å². The molecule has 0 radical (unpaired) electrons. The van der Waals surface area contributed by atoms with Gasteiger partial charge in [0.05, 0.1) is 18.2 Å². The average molecular weight is 308 g/mol. The second-order valence-electron chi connectivity index (χ2n) is 3.97. The van der Waals surface area contributed by atoms with Gasteiger partial charge >= 0.3 is 0 Å². The lowest BCUT2D eigenvalue weighted by molar-refractivity contribution is 0.210. The van der Waals surface area contributed by atoms with Crippen LogP contribution in [0.25, 0.3) is 0 Å². The van der Waals surface area contributed by atoms with Crippen molar-refractivity contribution in [1.29, 1.82) is 0 Å². The van der Waals surface area contributed by atoms with Gasteiger partial charge in [0.15, 0.2) is 5.06 Å². The summed E-state index contributed by atoms with van der Waals surface area (Å²) in [5.41, 5.74) is 0. The normalized spacial score (nSPS) is 13.1. The first-order chi connectivity index (χ1) is 7.58. The third-order valence-corrected chi connectivity index (χ3v) is 4.38. The first kappa shape index (κ1) is 14.0. The minimum atomic E-state index is 0.145. The number of nitrogens with one attached hydrogen (secondary N) is 1. The summed E-state index contributed by atoms with van der Waals surface area (Å²) in [5.74, 6) is 0.426. The fourth-order valence-electron chi connectivity index (χ4n) is 1.37. The summed E-state index contributed by atoms with van der Waals surface area (Å²) < 4.78 is 6.19. The molecule has 0 bridgehead atoms. The highest BCUT2D eigenvalue weighted by atomic mass is 79.9. The van der Waals surface area contributed by atoms with Gasteiger partial charge in [0.2, 0.25) is 0 Å². The highest BCUT2D eigenvalue weighted by molar-refractivity contribution is 9.10. The van der Waals surface area contributed by atoms with Gasteiger partial charge in [0.1, 0.15) is 0 Å². The molecule has 2 N–H and O–H groups in total. The minimum Gasteiger partial charge on any atom is -0.486 e. The molecule has 0 unspecified atom stereocenters. The Kier molecular flexibility index (Phi) is 5.75. The molecule has 0 spiro atoms. The summed E-state index contributed by atoms with van der Waals surface area (Å²) in [7, 11) is 1.67. The van der Waals surface area contributed by atoms with Gasteiger partial charge in [-0.15, -0.1) is 11.3 Å². The molecule has 0 aromatic carbocycles. The largest absolute Gasteiger partial charge is 0.486 e. The highest BCUT2D eigenvalue weighted by Gasteiger charge is 2.13. The van der Waals surface area contributed by atoms with Gasteiger partial charge in [-0.05, 0) is 27.9 Å². The monoisotopic (exact) mass is 307 g/mol. The molecule has 0 saturated carbocycles. The fraction of sp³-hybridized carbons (Fsp3) is 0.636. The van der Waals surface area contributed by atoms with Gasteiger partial charge in [0, 0.05) is 17.5 Å². The minimum absolute atomic E-state index is 0.145. The third-order valence-electron chi connectivity index (χ3n) is 2.43. The van der Waals surface area contributed by atoms with E-state index < -0.39 is 0 Å². The second kappa shape index (κ2) is 6.59. The van der Waals surface area contributed by atoms with Crippen LogP contribution in [0, 0.1) is 5.92 Å². The molecule has 0 aliphatic rings. The molecule has 0 aliphatic heterocycles. The first-order valence-corrected chi connectivity index (χ1v) is 6.85. The maximum Gasteiger partial charge on any atom is 0.188 e. The van der Waals surface area contributed by atoms with Gasteiger partial charge in [-0.3, -0.25) is 0 Å². The Morgan fingerprint density at radius 1 is 1.56 bits per heavy atom. The second-order valence-corrected chi connectivity index (χ2v) is 5.92. The molecular weight excluding hydrogens is 290 g/mol. The zero-order valence-electron chi connectivity index (χ0n) is 9.79. The van der Waals surface area contributed by atoms with Crippen molar-refractivity contribution < 1.29 is 9.84 Å². The maximum atomic E-state index is 9.19. The molecular formula is C11H18BrNO2S. The van der Waals surface area contributed by atoms with Crippen LogP contribution >= 0.6 is 27.3 Å². The van der Waals surface area contributed by atoms with Crippen molar-refractivity contribution in [2.45, 2.75) is 26.4 Å². The van der Waals surface area contributed by atoms with E-state index in [9.17, 15) is 5.11 Å². The number of methoxy groups -OCH3 is 1. The fourth-order valence-corrected chi connectivity index (χ4v) is 3.01. The molecule has 1 aromatic heterocycles. The average Bonchev–Trinajstić information content (AvgIpc) is 2.59. The van der Waals surface area contributed by atoms with Crippen LogP contribution in [0.15, 0.2) is 10.5 Å². The molecule has 0 fully saturated rings. The third kappa shape index (κ3) is 3.73. The number of aliphatic hydroxyl groups is 1. The summed E-state index contributed by atoms with van der Waals surface area (Å²) >= 11 is 5.05. The number of ether oxygens (including phenoxy) is 1. The Morgan fingerprint density at radius 2 is 2.25 bits per heavy atom. The molecule has 5 heteroatoms. The lowest BCUT2D eigenvalue weighted by atomic mass is 10.1. The zero-order chi connectivity index (χ0) is 12.1. The predicted molar refractivity (Wildman–Crippen MR) is 71.1 cm³/mol. The van der Waals surface area contributed by atoms with Crippen molar-refractivity contribution in [1.82, 2.24) is 5.32 Å². The van der Waals surface area contributed by atoms with E-state index in [0.717, 1.165) is 16.1 Å². The molecule has 0 aliphatic carbocycles. The van der Waals surface area contributed by atoms with Crippen molar-refractivity contribution in [3.63, 3.8) is 0 Å². The van der Waals surface area contributed by atoms with Crippen molar-refractivity contribution in [2.75, 3.05) is 13.7 Å². The van der Waals surface area contributed by atoms with Crippen LogP contribution in [0.3, 0.4) is 0 Å². The van der Waals surface area contributed by atoms with Crippen molar-refractivity contribution in [2.24, 2.45) is 5.92 Å². The Morgan fingerprint density at radius 3 is 2.69 bits per heavy atom. The Hall–Kier alpha value is -0.100. The van der Waals surface area contributed by atoms with Gasteiger partial charge in [-0.2, -0.15) is 0 Å². The summed E-state index contributed by atoms with van der Waals surface area (Å²) in [5, 5.41) is 13.4. The molecule has 3 nitrogen and oxygen atoms in total. The summed E-state index contributed by atoms with van der Waals surface area (Å²) in [4.78, 5) is 1.20. The lowest BCUT2D eigenvalue weighted by Crippen LogP contribution is -2.36. The summed E-state index contributed by atoms with van der Waals surface area (Å²) in [6.45, 7) is 5.12. The number of rotatable bonds is 6. The topological polar surface area (TPSA) is 41.5 Å². The lowest BCUT2D eigenvalue weighted by Gasteiger charge is -2.19. The van der Waals surface area contributed by atoms with E-state index in [1.165, 1.54) is 4.88 Å². The standard InChI is InChI=1S/C11H18BrNO2S/c1-7(2)10(6-14)13-5-8-4-9(12)11(15-3)16-8/h4,7,10,13-14H,5-6H2,1-3H3/t10-/m1/s1. The van der Waals surface area contributed by atoms with Crippen LogP contribution in [0.2, 0.25) is 0 Å². The van der Waals surface area contributed by atoms with Crippen LogP contribution in [-0.2, 0) is 6.54 Å². The van der Waals surface area contributed by atoms with Crippen LogP contribution in [0.5, 0.6) is 5.06 Å². The van der Waals surface area contributed by atoms with Crippen molar-refractivity contribution in [3.05, 3.63) is 15.4 Å². The highest BCUT2D eigenvalue weighted by Crippen LogP contribution is 2.34. The molecule has 16 heavy (non-hydrogen) atoms. The van der Waals surface area contributed by atoms with Crippen molar-refractivity contribution >= 4 is 27.3 Å². The number of aliphatic hydroxyl groups excluding tert-OH is 1. The van der Waals surface area contributed by atoms with Crippen LogP contribution in [-0.4, -0.2) is 24.9 Å². The molecule has 1 aromatic rings.